The van der Waals surface area contributed by atoms with Crippen molar-refractivity contribution in [3.63, 3.8) is 0 Å². The molecule has 1 rings (SSSR count). The zero-order valence-electron chi connectivity index (χ0n) is 8.53. The second-order valence-electron chi connectivity index (χ2n) is 3.25. The number of unbranched alkanes of at least 4 members (excludes halogenated alkanes) is 2. The third kappa shape index (κ3) is 3.60. The lowest BCUT2D eigenvalue weighted by molar-refractivity contribution is 0.112. The van der Waals surface area contributed by atoms with Gasteiger partial charge in [0.1, 0.15) is 12.0 Å². The van der Waals surface area contributed by atoms with Crippen molar-refractivity contribution < 1.29 is 9.53 Å². The van der Waals surface area contributed by atoms with Crippen molar-refractivity contribution in [2.24, 2.45) is 0 Å². The monoisotopic (exact) mass is 192 g/mol. The first kappa shape index (κ1) is 10.8. The second kappa shape index (κ2) is 6.19. The third-order valence-corrected chi connectivity index (χ3v) is 2.01. The van der Waals surface area contributed by atoms with Gasteiger partial charge in [-0.2, -0.15) is 0 Å². The number of ether oxygens (including phenoxy) is 1. The molecule has 0 N–H and O–H groups in total. The van der Waals surface area contributed by atoms with Gasteiger partial charge in [-0.3, -0.25) is 4.79 Å². The average molecular weight is 192 g/mol. The van der Waals surface area contributed by atoms with Crippen molar-refractivity contribution >= 4 is 6.29 Å². The molecule has 2 heteroatoms. The van der Waals surface area contributed by atoms with E-state index in [-0.39, 0.29) is 0 Å². The first-order valence-corrected chi connectivity index (χ1v) is 5.05. The normalized spacial score (nSPS) is 9.79. The Balaban J connectivity index is 2.38. The molecule has 1 aromatic rings. The van der Waals surface area contributed by atoms with Crippen LogP contribution >= 0.6 is 0 Å². The summed E-state index contributed by atoms with van der Waals surface area (Å²) >= 11 is 0. The van der Waals surface area contributed by atoms with Gasteiger partial charge in [-0.1, -0.05) is 31.9 Å². The molecule has 76 valence electrons. The van der Waals surface area contributed by atoms with Gasteiger partial charge in [0.05, 0.1) is 6.61 Å². The highest BCUT2D eigenvalue weighted by Gasteiger charge is 1.95. The van der Waals surface area contributed by atoms with Crippen molar-refractivity contribution in [3.05, 3.63) is 29.8 Å². The number of benzene rings is 1. The van der Waals surface area contributed by atoms with Crippen molar-refractivity contribution in [2.45, 2.75) is 26.2 Å². The van der Waals surface area contributed by atoms with Crippen LogP contribution in [0.3, 0.4) is 0 Å². The number of rotatable bonds is 6. The van der Waals surface area contributed by atoms with Crippen molar-refractivity contribution in [2.75, 3.05) is 6.61 Å². The van der Waals surface area contributed by atoms with Crippen LogP contribution in [0.25, 0.3) is 0 Å². The molecule has 2 nitrogen and oxygen atoms in total. The Morgan fingerprint density at radius 1 is 1.36 bits per heavy atom. The fraction of sp³-hybridized carbons (Fsp3) is 0.417. The Morgan fingerprint density at radius 3 is 2.93 bits per heavy atom. The highest BCUT2D eigenvalue weighted by Crippen LogP contribution is 2.12. The molecule has 0 heterocycles. The molecule has 0 radical (unpaired) electrons. The molecule has 0 aliphatic heterocycles. The van der Waals surface area contributed by atoms with Gasteiger partial charge in [0.15, 0.2) is 0 Å². The lowest BCUT2D eigenvalue weighted by Gasteiger charge is -2.05. The summed E-state index contributed by atoms with van der Waals surface area (Å²) in [4.78, 5) is 10.5. The van der Waals surface area contributed by atoms with Crippen LogP contribution < -0.4 is 4.74 Å². The number of hydrogen-bond acceptors (Lipinski definition) is 2. The van der Waals surface area contributed by atoms with Crippen LogP contribution in [0.2, 0.25) is 0 Å². The van der Waals surface area contributed by atoms with E-state index < -0.39 is 0 Å². The molecule has 0 aliphatic rings. The van der Waals surface area contributed by atoms with Crippen LogP contribution in [0.4, 0.5) is 0 Å². The highest BCUT2D eigenvalue weighted by molar-refractivity contribution is 5.75. The molecule has 0 aromatic heterocycles. The van der Waals surface area contributed by atoms with E-state index in [0.29, 0.717) is 5.56 Å². The predicted octanol–water partition coefficient (Wildman–Crippen LogP) is 3.07. The minimum atomic E-state index is 0.665. The molecule has 0 aliphatic carbocycles. The summed E-state index contributed by atoms with van der Waals surface area (Å²) in [6.07, 6.45) is 4.28. The lowest BCUT2D eigenvalue weighted by atomic mass is 10.2. The lowest BCUT2D eigenvalue weighted by Crippen LogP contribution is -1.97. The minimum Gasteiger partial charge on any atom is -0.494 e. The van der Waals surface area contributed by atoms with Gasteiger partial charge in [-0.25, -0.2) is 0 Å². The van der Waals surface area contributed by atoms with E-state index in [9.17, 15) is 4.79 Å². The molecule has 0 saturated carbocycles. The van der Waals surface area contributed by atoms with Gasteiger partial charge in [-0.05, 0) is 18.6 Å². The summed E-state index contributed by atoms with van der Waals surface area (Å²) < 4.78 is 5.49. The van der Waals surface area contributed by atoms with Crippen LogP contribution in [0.5, 0.6) is 5.75 Å². The summed E-state index contributed by atoms with van der Waals surface area (Å²) in [6.45, 7) is 2.89. The highest BCUT2D eigenvalue weighted by atomic mass is 16.5. The molecule has 0 atom stereocenters. The summed E-state index contributed by atoms with van der Waals surface area (Å²) in [5.74, 6) is 0.783. The van der Waals surface area contributed by atoms with Gasteiger partial charge in [-0.15, -0.1) is 0 Å². The third-order valence-electron chi connectivity index (χ3n) is 2.01. The van der Waals surface area contributed by atoms with Gasteiger partial charge in [0.25, 0.3) is 0 Å². The molecule has 0 amide bonds. The van der Waals surface area contributed by atoms with Crippen LogP contribution in [0, 0.1) is 0 Å². The van der Waals surface area contributed by atoms with E-state index in [2.05, 4.69) is 6.92 Å². The van der Waals surface area contributed by atoms with Crippen LogP contribution in [-0.4, -0.2) is 12.9 Å². The summed E-state index contributed by atoms with van der Waals surface area (Å²) in [7, 11) is 0. The maximum atomic E-state index is 10.5. The molecule has 0 bridgehead atoms. The van der Waals surface area contributed by atoms with Crippen molar-refractivity contribution in [1.82, 2.24) is 0 Å². The number of carbonyl (C=O) groups excluding carboxylic acids is 1. The Kier molecular flexibility index (Phi) is 4.76. The maximum Gasteiger partial charge on any atom is 0.150 e. The van der Waals surface area contributed by atoms with Gasteiger partial charge >= 0.3 is 0 Å². The Morgan fingerprint density at radius 2 is 2.21 bits per heavy atom. The second-order valence-corrected chi connectivity index (χ2v) is 3.25. The number of carbonyl (C=O) groups is 1. The van der Waals surface area contributed by atoms with Gasteiger partial charge in [0.2, 0.25) is 0 Å². The number of hydrogen-bond donors (Lipinski definition) is 0. The van der Waals surface area contributed by atoms with Crippen molar-refractivity contribution in [3.8, 4) is 5.75 Å². The molecule has 0 spiro atoms. The number of aldehydes is 1. The smallest absolute Gasteiger partial charge is 0.150 e. The molecule has 0 unspecified atom stereocenters. The minimum absolute atomic E-state index is 0.665. The molecule has 14 heavy (non-hydrogen) atoms. The van der Waals surface area contributed by atoms with E-state index in [1.807, 2.05) is 12.1 Å². The van der Waals surface area contributed by atoms with Gasteiger partial charge < -0.3 is 4.74 Å². The average Bonchev–Trinajstić information content (AvgIpc) is 2.25. The molecular formula is C12H16O2. The fourth-order valence-electron chi connectivity index (χ4n) is 1.22. The first-order chi connectivity index (χ1) is 6.86. The Hall–Kier alpha value is -1.31. The van der Waals surface area contributed by atoms with E-state index in [1.54, 1.807) is 12.1 Å². The van der Waals surface area contributed by atoms with E-state index >= 15 is 0 Å². The zero-order chi connectivity index (χ0) is 10.2. The van der Waals surface area contributed by atoms with E-state index in [1.165, 1.54) is 12.8 Å². The quantitative estimate of drug-likeness (QED) is 0.511. The van der Waals surface area contributed by atoms with E-state index in [4.69, 9.17) is 4.74 Å². The standard InChI is InChI=1S/C12H16O2/c1-2-3-4-8-14-12-7-5-6-11(9-12)10-13/h5-7,9-10H,2-4,8H2,1H3. The molecule has 1 aromatic carbocycles. The largest absolute Gasteiger partial charge is 0.494 e. The first-order valence-electron chi connectivity index (χ1n) is 5.05. The predicted molar refractivity (Wildman–Crippen MR) is 56.8 cm³/mol. The summed E-state index contributed by atoms with van der Waals surface area (Å²) in [5, 5.41) is 0. The Labute approximate surface area is 84.9 Å². The molecular weight excluding hydrogens is 176 g/mol. The van der Waals surface area contributed by atoms with Crippen LogP contribution in [0.15, 0.2) is 24.3 Å². The van der Waals surface area contributed by atoms with Crippen LogP contribution in [-0.2, 0) is 0 Å². The SMILES string of the molecule is CCCCCOc1cccc(C=O)c1. The van der Waals surface area contributed by atoms with Crippen molar-refractivity contribution in [1.29, 1.82) is 0 Å². The fourth-order valence-corrected chi connectivity index (χ4v) is 1.22. The summed E-state index contributed by atoms with van der Waals surface area (Å²) in [6, 6.07) is 7.24. The van der Waals surface area contributed by atoms with Gasteiger partial charge in [0, 0.05) is 5.56 Å². The molecule has 0 fully saturated rings. The zero-order valence-corrected chi connectivity index (χ0v) is 8.53. The maximum absolute atomic E-state index is 10.5. The topological polar surface area (TPSA) is 26.3 Å². The van der Waals surface area contributed by atoms with E-state index in [0.717, 1.165) is 25.1 Å². The Bertz CT molecular complexity index is 281. The molecule has 0 saturated heterocycles. The van der Waals surface area contributed by atoms with Crippen LogP contribution in [0.1, 0.15) is 36.5 Å². The summed E-state index contributed by atoms with van der Waals surface area (Å²) in [5.41, 5.74) is 0.665.